The molecule has 2 N–H and O–H groups in total. The van der Waals surface area contributed by atoms with Crippen molar-refractivity contribution < 1.29 is 4.74 Å². The summed E-state index contributed by atoms with van der Waals surface area (Å²) in [7, 11) is 0. The van der Waals surface area contributed by atoms with E-state index in [1.54, 1.807) is 6.07 Å². The Kier molecular flexibility index (Phi) is 3.92. The lowest BCUT2D eigenvalue weighted by molar-refractivity contribution is 0.306. The van der Waals surface area contributed by atoms with Crippen molar-refractivity contribution >= 4 is 33.2 Å². The molecule has 0 saturated carbocycles. The number of hydrogen-bond acceptors (Lipinski definition) is 2. The van der Waals surface area contributed by atoms with E-state index in [9.17, 15) is 0 Å². The monoisotopic (exact) mass is 311 g/mol. The summed E-state index contributed by atoms with van der Waals surface area (Å²) in [4.78, 5) is 0. The minimum absolute atomic E-state index is 0.485. The molecule has 4 heteroatoms. The Morgan fingerprint density at radius 2 is 2.00 bits per heavy atom. The van der Waals surface area contributed by atoms with E-state index in [2.05, 4.69) is 15.9 Å². The highest BCUT2D eigenvalue weighted by Crippen LogP contribution is 2.22. The van der Waals surface area contributed by atoms with Gasteiger partial charge in [-0.05, 0) is 51.8 Å². The molecule has 0 saturated heterocycles. The van der Waals surface area contributed by atoms with Gasteiger partial charge in [0, 0.05) is 15.2 Å². The summed E-state index contributed by atoms with van der Waals surface area (Å²) in [5.74, 6) is 0.755. The third-order valence-corrected chi connectivity index (χ3v) is 3.19. The summed E-state index contributed by atoms with van der Waals surface area (Å²) in [6.45, 7) is 0.485. The highest BCUT2D eigenvalue weighted by atomic mass is 79.9. The van der Waals surface area contributed by atoms with Gasteiger partial charge in [0.15, 0.2) is 0 Å². The number of halogens is 2. The van der Waals surface area contributed by atoms with E-state index in [0.29, 0.717) is 11.6 Å². The highest BCUT2D eigenvalue weighted by molar-refractivity contribution is 9.10. The second-order valence-corrected chi connectivity index (χ2v) is 4.89. The summed E-state index contributed by atoms with van der Waals surface area (Å²) in [5, 5.41) is 0.668. The fourth-order valence-electron chi connectivity index (χ4n) is 1.38. The molecule has 88 valence electrons. The van der Waals surface area contributed by atoms with Gasteiger partial charge in [-0.2, -0.15) is 0 Å². The number of anilines is 1. The smallest absolute Gasteiger partial charge is 0.121 e. The van der Waals surface area contributed by atoms with Crippen LogP contribution in [0, 0.1) is 0 Å². The number of benzene rings is 2. The molecular weight excluding hydrogens is 302 g/mol. The molecular formula is C13H11BrClNO. The van der Waals surface area contributed by atoms with E-state index in [1.807, 2.05) is 36.4 Å². The second-order valence-electron chi connectivity index (χ2n) is 3.60. The van der Waals surface area contributed by atoms with Crippen molar-refractivity contribution in [2.75, 3.05) is 5.73 Å². The van der Waals surface area contributed by atoms with Crippen LogP contribution in [0.4, 0.5) is 5.69 Å². The zero-order valence-corrected chi connectivity index (χ0v) is 11.3. The molecule has 2 aromatic rings. The van der Waals surface area contributed by atoms with Gasteiger partial charge in [-0.1, -0.05) is 23.7 Å². The molecule has 0 unspecified atom stereocenters. The van der Waals surface area contributed by atoms with Gasteiger partial charge in [-0.3, -0.25) is 0 Å². The van der Waals surface area contributed by atoms with E-state index in [1.165, 1.54) is 0 Å². The molecule has 0 fully saturated rings. The lowest BCUT2D eigenvalue weighted by Gasteiger charge is -2.07. The minimum atomic E-state index is 0.485. The molecule has 0 atom stereocenters. The molecule has 2 rings (SSSR count). The van der Waals surface area contributed by atoms with Crippen molar-refractivity contribution in [2.24, 2.45) is 0 Å². The molecule has 0 aliphatic heterocycles. The number of ether oxygens (including phenoxy) is 1. The third-order valence-electron chi connectivity index (χ3n) is 2.27. The number of rotatable bonds is 3. The predicted molar refractivity (Wildman–Crippen MR) is 74.3 cm³/mol. The van der Waals surface area contributed by atoms with Gasteiger partial charge in [-0.15, -0.1) is 0 Å². The van der Waals surface area contributed by atoms with Gasteiger partial charge >= 0.3 is 0 Å². The van der Waals surface area contributed by atoms with Crippen LogP contribution in [0.25, 0.3) is 0 Å². The van der Waals surface area contributed by atoms with Crippen molar-refractivity contribution in [1.82, 2.24) is 0 Å². The van der Waals surface area contributed by atoms with Crippen molar-refractivity contribution in [3.63, 3.8) is 0 Å². The van der Waals surface area contributed by atoms with Crippen LogP contribution in [0.5, 0.6) is 5.75 Å². The molecule has 2 aromatic carbocycles. The van der Waals surface area contributed by atoms with Gasteiger partial charge in [0.05, 0.1) is 0 Å². The Morgan fingerprint density at radius 1 is 1.18 bits per heavy atom. The first kappa shape index (κ1) is 12.3. The Labute approximate surface area is 113 Å². The Balaban J connectivity index is 2.05. The van der Waals surface area contributed by atoms with Crippen molar-refractivity contribution in [3.05, 3.63) is 57.5 Å². The molecule has 17 heavy (non-hydrogen) atoms. The summed E-state index contributed by atoms with van der Waals surface area (Å²) < 4.78 is 6.50. The van der Waals surface area contributed by atoms with Gasteiger partial charge < -0.3 is 10.5 Å². The van der Waals surface area contributed by atoms with E-state index < -0.39 is 0 Å². The Hall–Kier alpha value is -1.19. The number of hydrogen-bond donors (Lipinski definition) is 1. The topological polar surface area (TPSA) is 35.2 Å². The standard InChI is InChI=1S/C13H11BrClNO/c14-12-6-9(4-5-13(12)16)8-17-11-3-1-2-10(15)7-11/h1-7H,8,16H2. The fourth-order valence-corrected chi connectivity index (χ4v) is 1.99. The highest BCUT2D eigenvalue weighted by Gasteiger charge is 2.00. The average Bonchev–Trinajstić information content (AvgIpc) is 2.31. The predicted octanol–water partition coefficient (Wildman–Crippen LogP) is 4.26. The summed E-state index contributed by atoms with van der Waals surface area (Å²) >= 11 is 9.25. The van der Waals surface area contributed by atoms with E-state index in [0.717, 1.165) is 21.5 Å². The van der Waals surface area contributed by atoms with Gasteiger partial charge in [0.25, 0.3) is 0 Å². The normalized spacial score (nSPS) is 10.2. The quantitative estimate of drug-likeness (QED) is 0.859. The van der Waals surface area contributed by atoms with Crippen LogP contribution in [0.2, 0.25) is 5.02 Å². The molecule has 2 nitrogen and oxygen atoms in total. The van der Waals surface area contributed by atoms with E-state index in [4.69, 9.17) is 22.1 Å². The minimum Gasteiger partial charge on any atom is -0.489 e. The molecule has 0 bridgehead atoms. The zero-order valence-electron chi connectivity index (χ0n) is 8.99. The molecule has 0 heterocycles. The number of nitrogen functional groups attached to an aromatic ring is 1. The van der Waals surface area contributed by atoms with Crippen LogP contribution in [0.15, 0.2) is 46.9 Å². The maximum Gasteiger partial charge on any atom is 0.121 e. The summed E-state index contributed by atoms with van der Waals surface area (Å²) in [6, 6.07) is 13.1. The SMILES string of the molecule is Nc1ccc(COc2cccc(Cl)c2)cc1Br. The maximum absolute atomic E-state index is 5.87. The first-order valence-electron chi connectivity index (χ1n) is 5.07. The van der Waals surface area contributed by atoms with Crippen LogP contribution in [-0.4, -0.2) is 0 Å². The lowest BCUT2D eigenvalue weighted by Crippen LogP contribution is -1.96. The first-order valence-corrected chi connectivity index (χ1v) is 6.24. The van der Waals surface area contributed by atoms with Crippen LogP contribution in [0.3, 0.4) is 0 Å². The largest absolute Gasteiger partial charge is 0.489 e. The zero-order chi connectivity index (χ0) is 12.3. The molecule has 0 aromatic heterocycles. The molecule has 0 radical (unpaired) electrons. The van der Waals surface area contributed by atoms with E-state index >= 15 is 0 Å². The Morgan fingerprint density at radius 3 is 2.71 bits per heavy atom. The van der Waals surface area contributed by atoms with Crippen molar-refractivity contribution in [2.45, 2.75) is 6.61 Å². The van der Waals surface area contributed by atoms with Crippen molar-refractivity contribution in [3.8, 4) is 5.75 Å². The summed E-state index contributed by atoms with van der Waals surface area (Å²) in [5.41, 5.74) is 7.48. The summed E-state index contributed by atoms with van der Waals surface area (Å²) in [6.07, 6.45) is 0. The second kappa shape index (κ2) is 5.43. The van der Waals surface area contributed by atoms with Gasteiger partial charge in [0.2, 0.25) is 0 Å². The van der Waals surface area contributed by atoms with Gasteiger partial charge in [0.1, 0.15) is 12.4 Å². The third kappa shape index (κ3) is 3.38. The van der Waals surface area contributed by atoms with Gasteiger partial charge in [-0.25, -0.2) is 0 Å². The van der Waals surface area contributed by atoms with E-state index in [-0.39, 0.29) is 0 Å². The molecule has 0 spiro atoms. The van der Waals surface area contributed by atoms with Crippen LogP contribution in [0.1, 0.15) is 5.56 Å². The van der Waals surface area contributed by atoms with Crippen molar-refractivity contribution in [1.29, 1.82) is 0 Å². The maximum atomic E-state index is 5.87. The molecule has 0 aliphatic rings. The molecule has 0 amide bonds. The van der Waals surface area contributed by atoms with Crippen LogP contribution < -0.4 is 10.5 Å². The molecule has 0 aliphatic carbocycles. The van der Waals surface area contributed by atoms with Crippen LogP contribution in [-0.2, 0) is 6.61 Å². The first-order chi connectivity index (χ1) is 8.15. The fraction of sp³-hybridized carbons (Fsp3) is 0.0769. The lowest BCUT2D eigenvalue weighted by atomic mass is 10.2. The number of nitrogens with two attached hydrogens (primary N) is 1. The van der Waals surface area contributed by atoms with Crippen LogP contribution >= 0.6 is 27.5 Å². The Bertz CT molecular complexity index is 531. The average molecular weight is 313 g/mol.